The van der Waals surface area contributed by atoms with Crippen molar-refractivity contribution < 1.29 is 19.4 Å². The minimum atomic E-state index is -0.503. The first kappa shape index (κ1) is 20.2. The van der Waals surface area contributed by atoms with E-state index in [0.29, 0.717) is 12.6 Å². The predicted octanol–water partition coefficient (Wildman–Crippen LogP) is 3.64. The minimum absolute atomic E-state index is 0.0855. The average Bonchev–Trinajstić information content (AvgIpc) is 2.96. The number of rotatable bonds is 9. The molecule has 0 aromatic carbocycles. The highest BCUT2D eigenvalue weighted by Crippen LogP contribution is 2.31. The number of amides is 1. The molecule has 5 heteroatoms. The number of ether oxygens (including phenoxy) is 2. The van der Waals surface area contributed by atoms with E-state index in [1.807, 2.05) is 20.8 Å². The Bertz CT molecular complexity index is 347. The maximum atomic E-state index is 11.9. The highest BCUT2D eigenvalue weighted by Gasteiger charge is 2.30. The maximum absolute atomic E-state index is 11.9. The lowest BCUT2D eigenvalue weighted by Crippen LogP contribution is -2.42. The third kappa shape index (κ3) is 8.02. The van der Waals surface area contributed by atoms with Gasteiger partial charge in [-0.1, -0.05) is 19.8 Å². The number of aliphatic hydroxyl groups is 1. The summed E-state index contributed by atoms with van der Waals surface area (Å²) in [5, 5.41) is 12.8. The Labute approximate surface area is 141 Å². The summed E-state index contributed by atoms with van der Waals surface area (Å²) >= 11 is 0. The highest BCUT2D eigenvalue weighted by atomic mass is 16.6. The van der Waals surface area contributed by atoms with Crippen LogP contribution in [-0.2, 0) is 9.47 Å². The van der Waals surface area contributed by atoms with Gasteiger partial charge in [0.1, 0.15) is 5.60 Å². The van der Waals surface area contributed by atoms with E-state index in [4.69, 9.17) is 9.47 Å². The van der Waals surface area contributed by atoms with Crippen molar-refractivity contribution in [1.82, 2.24) is 5.32 Å². The molecule has 1 fully saturated rings. The molecule has 1 aliphatic heterocycles. The molecular formula is C18H35NO4. The van der Waals surface area contributed by atoms with Crippen molar-refractivity contribution in [2.45, 2.75) is 84.3 Å². The molecule has 5 nitrogen and oxygen atoms in total. The standard InChI is InChI=1S/C18H35NO4/c1-5-10-18(14-20,11-6-8-15-9-7-12-22-15)13-19-16(21)23-17(2,3)4/h15,20H,5-14H2,1-4H3,(H,19,21). The molecule has 0 aromatic rings. The SMILES string of the molecule is CCCC(CO)(CCCC1CCCO1)CNC(=O)OC(C)(C)C. The third-order valence-electron chi connectivity index (χ3n) is 4.38. The van der Waals surface area contributed by atoms with Crippen molar-refractivity contribution in [2.75, 3.05) is 19.8 Å². The normalized spacial score (nSPS) is 21.0. The molecule has 0 bridgehead atoms. The topological polar surface area (TPSA) is 67.8 Å². The van der Waals surface area contributed by atoms with Gasteiger partial charge in [0.05, 0.1) is 12.7 Å². The van der Waals surface area contributed by atoms with Crippen LogP contribution in [0.3, 0.4) is 0 Å². The molecule has 2 unspecified atom stereocenters. The molecule has 1 rings (SSSR count). The fourth-order valence-electron chi connectivity index (χ4n) is 3.20. The van der Waals surface area contributed by atoms with Crippen LogP contribution in [0.15, 0.2) is 0 Å². The second kappa shape index (κ2) is 9.48. The molecule has 136 valence electrons. The van der Waals surface area contributed by atoms with Gasteiger partial charge in [-0.05, 0) is 52.9 Å². The highest BCUT2D eigenvalue weighted by molar-refractivity contribution is 5.67. The second-order valence-electron chi connectivity index (χ2n) is 7.79. The van der Waals surface area contributed by atoms with Crippen molar-refractivity contribution >= 4 is 6.09 Å². The second-order valence-corrected chi connectivity index (χ2v) is 7.79. The van der Waals surface area contributed by atoms with Crippen molar-refractivity contribution in [1.29, 1.82) is 0 Å². The summed E-state index contributed by atoms with van der Waals surface area (Å²) in [4.78, 5) is 11.9. The molecular weight excluding hydrogens is 294 g/mol. The van der Waals surface area contributed by atoms with Gasteiger partial charge in [0.25, 0.3) is 0 Å². The number of nitrogens with one attached hydrogen (secondary N) is 1. The summed E-state index contributed by atoms with van der Waals surface area (Å²) < 4.78 is 11.0. The Balaban J connectivity index is 2.46. The summed E-state index contributed by atoms with van der Waals surface area (Å²) in [6.45, 7) is 9.07. The summed E-state index contributed by atoms with van der Waals surface area (Å²) in [5.74, 6) is 0. The molecule has 1 saturated heterocycles. The van der Waals surface area contributed by atoms with Gasteiger partial charge in [-0.2, -0.15) is 0 Å². The fraction of sp³-hybridized carbons (Fsp3) is 0.944. The zero-order valence-corrected chi connectivity index (χ0v) is 15.3. The first-order chi connectivity index (χ1) is 10.8. The van der Waals surface area contributed by atoms with Gasteiger partial charge >= 0.3 is 6.09 Å². The number of hydrogen-bond donors (Lipinski definition) is 2. The molecule has 0 aromatic heterocycles. The van der Waals surface area contributed by atoms with Crippen molar-refractivity contribution in [3.05, 3.63) is 0 Å². The molecule has 1 heterocycles. The summed E-state index contributed by atoms with van der Waals surface area (Å²) in [5.41, 5.74) is -0.763. The fourth-order valence-corrected chi connectivity index (χ4v) is 3.20. The summed E-state index contributed by atoms with van der Waals surface area (Å²) in [6, 6.07) is 0. The number of hydrogen-bond acceptors (Lipinski definition) is 4. The lowest BCUT2D eigenvalue weighted by molar-refractivity contribution is 0.0426. The Morgan fingerprint density at radius 1 is 1.35 bits per heavy atom. The smallest absolute Gasteiger partial charge is 0.407 e. The molecule has 1 amide bonds. The van der Waals surface area contributed by atoms with Crippen LogP contribution in [-0.4, -0.2) is 42.7 Å². The van der Waals surface area contributed by atoms with E-state index in [0.717, 1.165) is 51.6 Å². The van der Waals surface area contributed by atoms with Crippen LogP contribution in [0.5, 0.6) is 0 Å². The largest absolute Gasteiger partial charge is 0.444 e. The molecule has 2 N–H and O–H groups in total. The predicted molar refractivity (Wildman–Crippen MR) is 91.5 cm³/mol. The number of alkyl carbamates (subject to hydrolysis) is 1. The van der Waals surface area contributed by atoms with E-state index in [2.05, 4.69) is 12.2 Å². The Morgan fingerprint density at radius 2 is 2.09 bits per heavy atom. The van der Waals surface area contributed by atoms with E-state index in [1.165, 1.54) is 0 Å². The van der Waals surface area contributed by atoms with Crippen LogP contribution in [0.25, 0.3) is 0 Å². The van der Waals surface area contributed by atoms with E-state index < -0.39 is 11.7 Å². The number of carbonyl (C=O) groups excluding carboxylic acids is 1. The third-order valence-corrected chi connectivity index (χ3v) is 4.38. The van der Waals surface area contributed by atoms with Crippen molar-refractivity contribution in [3.8, 4) is 0 Å². The van der Waals surface area contributed by atoms with Gasteiger partial charge in [0.15, 0.2) is 0 Å². The quantitative estimate of drug-likeness (QED) is 0.678. The van der Waals surface area contributed by atoms with Crippen molar-refractivity contribution in [2.24, 2.45) is 5.41 Å². The maximum Gasteiger partial charge on any atom is 0.407 e. The van der Waals surface area contributed by atoms with Gasteiger partial charge in [-0.3, -0.25) is 0 Å². The van der Waals surface area contributed by atoms with Gasteiger partial charge in [-0.15, -0.1) is 0 Å². The first-order valence-corrected chi connectivity index (χ1v) is 8.99. The van der Waals surface area contributed by atoms with Gasteiger partial charge in [0.2, 0.25) is 0 Å². The lowest BCUT2D eigenvalue weighted by atomic mass is 9.79. The van der Waals surface area contributed by atoms with Gasteiger partial charge in [0, 0.05) is 18.6 Å². The molecule has 0 radical (unpaired) electrons. The molecule has 0 spiro atoms. The molecule has 2 atom stereocenters. The van der Waals surface area contributed by atoms with E-state index in [9.17, 15) is 9.90 Å². The molecule has 1 aliphatic rings. The van der Waals surface area contributed by atoms with Crippen LogP contribution >= 0.6 is 0 Å². The van der Waals surface area contributed by atoms with Crippen LogP contribution in [0.1, 0.15) is 72.6 Å². The molecule has 23 heavy (non-hydrogen) atoms. The van der Waals surface area contributed by atoms with E-state index in [-0.39, 0.29) is 12.0 Å². The Morgan fingerprint density at radius 3 is 2.61 bits per heavy atom. The Hall–Kier alpha value is -0.810. The van der Waals surface area contributed by atoms with Gasteiger partial charge in [-0.25, -0.2) is 4.79 Å². The monoisotopic (exact) mass is 329 g/mol. The van der Waals surface area contributed by atoms with Gasteiger partial charge < -0.3 is 19.9 Å². The Kier molecular flexibility index (Phi) is 8.34. The lowest BCUT2D eigenvalue weighted by Gasteiger charge is -2.33. The first-order valence-electron chi connectivity index (χ1n) is 8.99. The van der Waals surface area contributed by atoms with Crippen LogP contribution < -0.4 is 5.32 Å². The minimum Gasteiger partial charge on any atom is -0.444 e. The summed E-state index contributed by atoms with van der Waals surface area (Å²) in [6.07, 6.45) is 7.10. The average molecular weight is 329 g/mol. The van der Waals surface area contributed by atoms with Crippen LogP contribution in [0.2, 0.25) is 0 Å². The molecule has 0 saturated carbocycles. The number of carbonyl (C=O) groups is 1. The van der Waals surface area contributed by atoms with Crippen LogP contribution in [0.4, 0.5) is 4.79 Å². The zero-order chi connectivity index (χ0) is 17.3. The number of aliphatic hydroxyl groups excluding tert-OH is 1. The van der Waals surface area contributed by atoms with Crippen LogP contribution in [0, 0.1) is 5.41 Å². The van der Waals surface area contributed by atoms with Crippen molar-refractivity contribution in [3.63, 3.8) is 0 Å². The molecule has 0 aliphatic carbocycles. The zero-order valence-electron chi connectivity index (χ0n) is 15.3. The van der Waals surface area contributed by atoms with E-state index >= 15 is 0 Å². The van der Waals surface area contributed by atoms with E-state index in [1.54, 1.807) is 0 Å². The summed E-state index contributed by atoms with van der Waals surface area (Å²) in [7, 11) is 0.